The number of hydrogen-bond donors (Lipinski definition) is 3. The molecule has 1 atom stereocenters. The molecule has 0 heterocycles. The molecule has 96 valence electrons. The normalized spacial score (nSPS) is 11.4. The first kappa shape index (κ1) is 14.0. The molecule has 0 fully saturated rings. The molecule has 0 radical (unpaired) electrons. The van der Waals surface area contributed by atoms with Gasteiger partial charge in [-0.3, -0.25) is 0 Å². The summed E-state index contributed by atoms with van der Waals surface area (Å²) < 4.78 is 0. The van der Waals surface area contributed by atoms with Gasteiger partial charge in [-0.25, -0.2) is 4.79 Å². The van der Waals surface area contributed by atoms with E-state index in [2.05, 4.69) is 10.6 Å². The zero-order chi connectivity index (χ0) is 13.4. The van der Waals surface area contributed by atoms with Crippen molar-refractivity contribution in [3.05, 3.63) is 29.8 Å². The summed E-state index contributed by atoms with van der Waals surface area (Å²) in [5.41, 5.74) is 1.09. The van der Waals surface area contributed by atoms with Crippen molar-refractivity contribution in [3.8, 4) is 6.07 Å². The SMILES string of the molecule is CC(CCO)CNC(=O)Nc1cccc(C#N)c1. The summed E-state index contributed by atoms with van der Waals surface area (Å²) in [6.45, 7) is 2.58. The Bertz CT molecular complexity index is 440. The molecule has 0 saturated carbocycles. The number of aliphatic hydroxyl groups is 1. The van der Waals surface area contributed by atoms with E-state index < -0.39 is 0 Å². The molecule has 5 nitrogen and oxygen atoms in total. The smallest absolute Gasteiger partial charge is 0.319 e. The lowest BCUT2D eigenvalue weighted by Gasteiger charge is -2.12. The lowest BCUT2D eigenvalue weighted by Crippen LogP contribution is -2.32. The lowest BCUT2D eigenvalue weighted by molar-refractivity contribution is 0.243. The van der Waals surface area contributed by atoms with E-state index in [-0.39, 0.29) is 18.6 Å². The predicted molar refractivity (Wildman–Crippen MR) is 69.0 cm³/mol. The van der Waals surface area contributed by atoms with E-state index in [0.717, 1.165) is 0 Å². The molecule has 0 aromatic heterocycles. The number of nitriles is 1. The molecule has 1 rings (SSSR count). The van der Waals surface area contributed by atoms with Gasteiger partial charge in [-0.15, -0.1) is 0 Å². The van der Waals surface area contributed by atoms with Gasteiger partial charge in [-0.2, -0.15) is 5.26 Å². The lowest BCUT2D eigenvalue weighted by atomic mass is 10.1. The maximum Gasteiger partial charge on any atom is 0.319 e. The van der Waals surface area contributed by atoms with E-state index >= 15 is 0 Å². The largest absolute Gasteiger partial charge is 0.396 e. The Hall–Kier alpha value is -2.06. The Morgan fingerprint density at radius 2 is 2.33 bits per heavy atom. The molecular formula is C13H17N3O2. The molecular weight excluding hydrogens is 230 g/mol. The van der Waals surface area contributed by atoms with Crippen LogP contribution in [0.4, 0.5) is 10.5 Å². The van der Waals surface area contributed by atoms with Crippen LogP contribution in [0.5, 0.6) is 0 Å². The fourth-order valence-corrected chi connectivity index (χ4v) is 1.43. The van der Waals surface area contributed by atoms with E-state index in [4.69, 9.17) is 10.4 Å². The fraction of sp³-hybridized carbons (Fsp3) is 0.385. The number of carbonyl (C=O) groups excluding carboxylic acids is 1. The average molecular weight is 247 g/mol. The van der Waals surface area contributed by atoms with Crippen LogP contribution in [0.3, 0.4) is 0 Å². The molecule has 5 heteroatoms. The first-order valence-electron chi connectivity index (χ1n) is 5.81. The van der Waals surface area contributed by atoms with Crippen molar-refractivity contribution in [2.45, 2.75) is 13.3 Å². The minimum Gasteiger partial charge on any atom is -0.396 e. The average Bonchev–Trinajstić information content (AvgIpc) is 2.37. The summed E-state index contributed by atoms with van der Waals surface area (Å²) >= 11 is 0. The number of aliphatic hydroxyl groups excluding tert-OH is 1. The number of nitrogens with zero attached hydrogens (tertiary/aromatic N) is 1. The summed E-state index contributed by atoms with van der Waals surface area (Å²) in [4.78, 5) is 11.6. The maximum absolute atomic E-state index is 11.6. The molecule has 0 saturated heterocycles. The molecule has 18 heavy (non-hydrogen) atoms. The molecule has 0 aliphatic carbocycles. The summed E-state index contributed by atoms with van der Waals surface area (Å²) in [6, 6.07) is 8.41. The van der Waals surface area contributed by atoms with Crippen LogP contribution in [0.25, 0.3) is 0 Å². The van der Waals surface area contributed by atoms with E-state index in [0.29, 0.717) is 24.2 Å². The number of benzene rings is 1. The Morgan fingerprint density at radius 1 is 1.56 bits per heavy atom. The molecule has 1 aromatic carbocycles. The summed E-state index contributed by atoms with van der Waals surface area (Å²) in [7, 11) is 0. The van der Waals surface area contributed by atoms with Crippen LogP contribution in [-0.4, -0.2) is 24.3 Å². The van der Waals surface area contributed by atoms with Crippen molar-refractivity contribution < 1.29 is 9.90 Å². The molecule has 0 spiro atoms. The summed E-state index contributed by atoms with van der Waals surface area (Å²) in [5.74, 6) is 0.228. The number of urea groups is 1. The first-order chi connectivity index (χ1) is 8.65. The second-order valence-electron chi connectivity index (χ2n) is 4.15. The quantitative estimate of drug-likeness (QED) is 0.740. The third-order valence-electron chi connectivity index (χ3n) is 2.48. The van der Waals surface area contributed by atoms with E-state index in [1.54, 1.807) is 24.3 Å². The Morgan fingerprint density at radius 3 is 3.00 bits per heavy atom. The third kappa shape index (κ3) is 4.85. The van der Waals surface area contributed by atoms with Gasteiger partial charge < -0.3 is 15.7 Å². The summed E-state index contributed by atoms with van der Waals surface area (Å²) in [5, 5.41) is 22.8. The first-order valence-corrected chi connectivity index (χ1v) is 5.81. The predicted octanol–water partition coefficient (Wildman–Crippen LogP) is 1.70. The van der Waals surface area contributed by atoms with Crippen molar-refractivity contribution in [1.82, 2.24) is 5.32 Å². The Labute approximate surface area is 106 Å². The number of amides is 2. The standard InChI is InChI=1S/C13H17N3O2/c1-10(5-6-17)9-15-13(18)16-12-4-2-3-11(7-12)8-14/h2-4,7,10,17H,5-6,9H2,1H3,(H2,15,16,18). The monoisotopic (exact) mass is 247 g/mol. The highest BCUT2D eigenvalue weighted by Gasteiger charge is 2.05. The molecule has 0 bridgehead atoms. The zero-order valence-corrected chi connectivity index (χ0v) is 10.3. The van der Waals surface area contributed by atoms with Gasteiger partial charge in [0.05, 0.1) is 11.6 Å². The van der Waals surface area contributed by atoms with Gasteiger partial charge in [0.2, 0.25) is 0 Å². The van der Waals surface area contributed by atoms with Gasteiger partial charge in [-0.1, -0.05) is 13.0 Å². The zero-order valence-electron chi connectivity index (χ0n) is 10.3. The van der Waals surface area contributed by atoms with Crippen molar-refractivity contribution in [3.63, 3.8) is 0 Å². The topological polar surface area (TPSA) is 85.2 Å². The minimum absolute atomic E-state index is 0.120. The van der Waals surface area contributed by atoms with Crippen LogP contribution < -0.4 is 10.6 Å². The highest BCUT2D eigenvalue weighted by molar-refractivity contribution is 5.89. The van der Waals surface area contributed by atoms with Gasteiger partial charge in [0, 0.05) is 18.8 Å². The van der Waals surface area contributed by atoms with Crippen molar-refractivity contribution in [2.24, 2.45) is 5.92 Å². The number of nitrogens with one attached hydrogen (secondary N) is 2. The molecule has 2 amide bonds. The van der Waals surface area contributed by atoms with Crippen LogP contribution in [0.15, 0.2) is 24.3 Å². The highest BCUT2D eigenvalue weighted by Crippen LogP contribution is 2.09. The van der Waals surface area contributed by atoms with Crippen molar-refractivity contribution in [1.29, 1.82) is 5.26 Å². The Balaban J connectivity index is 2.42. The van der Waals surface area contributed by atoms with Crippen molar-refractivity contribution >= 4 is 11.7 Å². The molecule has 1 unspecified atom stereocenters. The van der Waals surface area contributed by atoms with E-state index in [1.807, 2.05) is 13.0 Å². The summed E-state index contributed by atoms with van der Waals surface area (Å²) in [6.07, 6.45) is 0.657. The van der Waals surface area contributed by atoms with Gasteiger partial charge in [-0.05, 0) is 30.5 Å². The fourth-order valence-electron chi connectivity index (χ4n) is 1.43. The van der Waals surface area contributed by atoms with E-state index in [9.17, 15) is 4.79 Å². The number of hydrogen-bond acceptors (Lipinski definition) is 3. The van der Waals surface area contributed by atoms with Gasteiger partial charge in [0.1, 0.15) is 0 Å². The minimum atomic E-state index is -0.310. The molecule has 3 N–H and O–H groups in total. The van der Waals surface area contributed by atoms with Gasteiger partial charge >= 0.3 is 6.03 Å². The maximum atomic E-state index is 11.6. The van der Waals surface area contributed by atoms with Crippen LogP contribution in [0.1, 0.15) is 18.9 Å². The van der Waals surface area contributed by atoms with Crippen LogP contribution in [-0.2, 0) is 0 Å². The van der Waals surface area contributed by atoms with Crippen molar-refractivity contribution in [2.75, 3.05) is 18.5 Å². The van der Waals surface area contributed by atoms with Gasteiger partial charge in [0.25, 0.3) is 0 Å². The number of anilines is 1. The highest BCUT2D eigenvalue weighted by atomic mass is 16.3. The Kier molecular flexibility index (Phi) is 5.68. The second kappa shape index (κ2) is 7.30. The second-order valence-corrected chi connectivity index (χ2v) is 4.15. The van der Waals surface area contributed by atoms with Crippen LogP contribution >= 0.6 is 0 Å². The number of rotatable bonds is 5. The molecule has 1 aromatic rings. The van der Waals surface area contributed by atoms with Gasteiger partial charge in [0.15, 0.2) is 0 Å². The third-order valence-corrected chi connectivity index (χ3v) is 2.48. The van der Waals surface area contributed by atoms with Crippen LogP contribution in [0.2, 0.25) is 0 Å². The molecule has 0 aliphatic rings. The number of carbonyl (C=O) groups is 1. The van der Waals surface area contributed by atoms with Crippen LogP contribution in [0, 0.1) is 17.2 Å². The van der Waals surface area contributed by atoms with E-state index in [1.165, 1.54) is 0 Å². The molecule has 0 aliphatic heterocycles.